The number of nitrogens with zero attached hydrogens (tertiary/aromatic N) is 4. The molecule has 6 aromatic rings. The highest BCUT2D eigenvalue weighted by Gasteiger charge is 2.65. The molecule has 6 aliphatic heterocycles. The number of sulfonamides is 2. The standard InChI is InChI=1S/C50H63N3O10S.C49H61N3O11S/c1-30-11-9-10-12-35-27-50(35,47(56)52-64(57,58)49(7)17-18-49)28-42(54)41-25-37(29-53(41)32(3)39(31(2)21-30)26-45(55)63-48(4,5)6)62-46-38-15-14-36(59-8)22-34(38)23-40(51-46)33-13-16-43-44(24-33)61-20-19-60-43;1-29-10-8-9-11-33-26-49(33,46(56)51-64(57,58)48(6)16-17-48)27-40(53)39-24-35(28-52(39)45(55)37(30(2)20-29)25-43(54)63-47(3,4)5)62-44-36-14-13-34(59-7)21-32(36)22-38(50-44)31-12-15-41-42(23-31)61-19-18-60-41/h10,12-16,22-24,30-31,35,37,39,41H,3,9,11,17-21,25-29H2,1-2,4-8H3,(H,52,56);9,11-15,21-23,29-30,33,35,37,39H,8,10,16-20,24-28H2,1-7H3,(H,51,56)/b12-10-;11-9-/t30-,31-,35-,37?,39+,41+,50-;29-,30+,33+,35?,37-,39-,49+/m10/s1. The van der Waals surface area contributed by atoms with Crippen molar-refractivity contribution in [3.8, 4) is 68.8 Å². The number of amides is 3. The average molecular weight is 1800 g/mol. The van der Waals surface area contributed by atoms with E-state index in [9.17, 15) is 40.8 Å². The third-order valence-electron chi connectivity index (χ3n) is 27.6. The maximum atomic E-state index is 15.2. The molecule has 2 saturated heterocycles. The van der Waals surface area contributed by atoms with Gasteiger partial charge in [-0.15, -0.1) is 0 Å². The molecule has 2 unspecified atom stereocenters. The molecule has 0 bridgehead atoms. The minimum atomic E-state index is -3.99. The van der Waals surface area contributed by atoms with Gasteiger partial charge in [0.1, 0.15) is 61.3 Å². The number of carbonyl (C=O) groups is 7. The number of benzene rings is 4. The second kappa shape index (κ2) is 36.2. The molecule has 2 N–H and O–H groups in total. The number of aromatic nitrogens is 2. The van der Waals surface area contributed by atoms with Crippen LogP contribution in [0.5, 0.6) is 46.3 Å². The molecule has 4 aliphatic carbocycles. The van der Waals surface area contributed by atoms with Crippen LogP contribution < -0.4 is 47.3 Å². The highest BCUT2D eigenvalue weighted by molar-refractivity contribution is 7.92. The Hall–Kier alpha value is -10.3. The van der Waals surface area contributed by atoms with Gasteiger partial charge in [-0.25, -0.2) is 26.8 Å². The summed E-state index contributed by atoms with van der Waals surface area (Å²) in [4.78, 5) is 114. The topological polar surface area (TPSA) is 336 Å². The fraction of sp³-hybridized carbons (Fsp3) is 0.566. The zero-order valence-corrected chi connectivity index (χ0v) is 77.8. The lowest BCUT2D eigenvalue weighted by molar-refractivity contribution is -0.160. The van der Waals surface area contributed by atoms with Gasteiger partial charge in [0.2, 0.25) is 49.5 Å². The Balaban J connectivity index is 0.000000197. The van der Waals surface area contributed by atoms with E-state index in [0.717, 1.165) is 53.0 Å². The van der Waals surface area contributed by atoms with E-state index in [1.807, 2.05) is 136 Å². The van der Waals surface area contributed by atoms with E-state index in [0.29, 0.717) is 147 Å². The largest absolute Gasteiger partial charge is 0.497 e. The van der Waals surface area contributed by atoms with Crippen LogP contribution in [0.3, 0.4) is 0 Å². The van der Waals surface area contributed by atoms with Crippen molar-refractivity contribution >= 4 is 82.8 Å². The number of hydrogen-bond donors (Lipinski definition) is 2. The highest BCUT2D eigenvalue weighted by atomic mass is 32.2. The van der Waals surface area contributed by atoms with Crippen LogP contribution in [0, 0.1) is 58.2 Å². The number of ketones is 2. The SMILES string of the molecule is C=C1[C@@H](CC(=O)OC(C)(C)C)[C@H](C)C[C@H](C)CC/C=C\[C@@H]2C[C@@]2(C(=O)NS(=O)(=O)C2(C)CC2)CC(=O)[C@@H]2CC(Oc3nc(-c4ccc5c(c4)OCCO5)cc4cc(OC)ccc34)CN12.COc1ccc2c(OC3C[C@H]4C(=O)C[C@]5(C(=O)NS(=O)(=O)C6(C)CC6)C[C@H]5/C=C\CC[C@H](C)C[C@@H](C)[C@H](CC(=O)OC(C)(C)C)C(=O)N4C3)nc(-c3ccc4c(c3)OCCO4)cc2c1. The zero-order chi connectivity index (χ0) is 91.5. The summed E-state index contributed by atoms with van der Waals surface area (Å²) >= 11 is 0. The van der Waals surface area contributed by atoms with Crippen LogP contribution in [0.15, 0.2) is 122 Å². The normalized spacial score (nSPS) is 28.5. The second-order valence-corrected chi connectivity index (χ2v) is 44.5. The van der Waals surface area contributed by atoms with Crippen LogP contribution in [0.2, 0.25) is 0 Å². The first-order valence-corrected chi connectivity index (χ1v) is 48.4. The Morgan fingerprint density at radius 2 is 0.922 bits per heavy atom. The van der Waals surface area contributed by atoms with E-state index >= 15 is 9.59 Å². The van der Waals surface area contributed by atoms with E-state index < -0.39 is 99.6 Å². The number of rotatable bonds is 18. The average Bonchev–Trinajstić information content (AvgIpc) is 1.57. The molecule has 3 amide bonds. The number of fused-ring (bicyclic) bond motifs is 8. The van der Waals surface area contributed by atoms with Crippen LogP contribution >= 0.6 is 0 Å². The summed E-state index contributed by atoms with van der Waals surface area (Å²) in [5.74, 6) is -0.273. The van der Waals surface area contributed by atoms with Crippen molar-refractivity contribution in [2.75, 3.05) is 53.7 Å². The molecular formula is C99H124N6O21S2. The molecule has 14 atom stereocenters. The third-order valence-corrected chi connectivity index (χ3v) is 32.0. The quantitative estimate of drug-likeness (QED) is 0.0596. The molecule has 2 aromatic heterocycles. The van der Waals surface area contributed by atoms with Crippen molar-refractivity contribution in [3.05, 3.63) is 122 Å². The van der Waals surface area contributed by atoms with Crippen molar-refractivity contribution < 1.29 is 97.8 Å². The van der Waals surface area contributed by atoms with Crippen molar-refractivity contribution in [2.24, 2.45) is 58.2 Å². The Morgan fingerprint density at radius 3 is 1.34 bits per heavy atom. The van der Waals surface area contributed by atoms with E-state index in [4.69, 9.17) is 57.3 Å². The van der Waals surface area contributed by atoms with Crippen molar-refractivity contribution in [1.29, 1.82) is 0 Å². The molecule has 27 nitrogen and oxygen atoms in total. The number of allylic oxidation sites excluding steroid dienone is 5. The number of hydrogen-bond acceptors (Lipinski definition) is 24. The van der Waals surface area contributed by atoms with Gasteiger partial charge in [-0.2, -0.15) is 0 Å². The molecule has 128 heavy (non-hydrogen) atoms. The maximum absolute atomic E-state index is 15.2. The van der Waals surface area contributed by atoms with Gasteiger partial charge < -0.3 is 57.2 Å². The number of methoxy groups -OCH3 is 2. The van der Waals surface area contributed by atoms with Crippen molar-refractivity contribution in [3.63, 3.8) is 0 Å². The first kappa shape index (κ1) is 92.4. The van der Waals surface area contributed by atoms with Gasteiger partial charge in [-0.3, -0.25) is 43.0 Å². The highest BCUT2D eigenvalue weighted by Crippen LogP contribution is 2.60. The maximum Gasteiger partial charge on any atom is 0.307 e. The first-order chi connectivity index (χ1) is 60.6. The van der Waals surface area contributed by atoms with Crippen LogP contribution in [0.25, 0.3) is 44.1 Å². The Labute approximate surface area is 751 Å². The predicted molar refractivity (Wildman–Crippen MR) is 483 cm³/mol. The summed E-state index contributed by atoms with van der Waals surface area (Å²) in [6, 6.07) is 24.6. The number of pyridine rings is 2. The Bertz CT molecular complexity index is 5290. The smallest absolute Gasteiger partial charge is 0.307 e. The van der Waals surface area contributed by atoms with Gasteiger partial charge in [0.25, 0.3) is 0 Å². The molecule has 10 aliphatic rings. The second-order valence-electron chi connectivity index (χ2n) is 40.1. The van der Waals surface area contributed by atoms with Crippen LogP contribution in [-0.2, 0) is 63.1 Å². The number of ether oxygens (including phenoxy) is 10. The van der Waals surface area contributed by atoms with Crippen molar-refractivity contribution in [2.45, 2.75) is 244 Å². The molecule has 0 spiro atoms. The van der Waals surface area contributed by atoms with E-state index in [-0.39, 0.29) is 116 Å². The molecule has 688 valence electrons. The van der Waals surface area contributed by atoms with E-state index in [1.54, 1.807) is 48.8 Å². The lowest BCUT2D eigenvalue weighted by Gasteiger charge is -2.36. The fourth-order valence-electron chi connectivity index (χ4n) is 19.3. The van der Waals surface area contributed by atoms with Crippen LogP contribution in [-0.4, -0.2) is 177 Å². The molecule has 29 heteroatoms. The van der Waals surface area contributed by atoms with Gasteiger partial charge in [-0.1, -0.05) is 58.6 Å². The van der Waals surface area contributed by atoms with Crippen LogP contribution in [0.4, 0.5) is 0 Å². The molecule has 0 radical (unpaired) electrons. The van der Waals surface area contributed by atoms with Gasteiger partial charge in [0.05, 0.1) is 89.9 Å². The lowest BCUT2D eigenvalue weighted by Crippen LogP contribution is -2.48. The monoisotopic (exact) mass is 1800 g/mol. The van der Waals surface area contributed by atoms with Crippen molar-refractivity contribution in [1.82, 2.24) is 29.2 Å². The van der Waals surface area contributed by atoms with Gasteiger partial charge in [-0.05, 0) is 264 Å². The molecule has 16 rings (SSSR count). The summed E-state index contributed by atoms with van der Waals surface area (Å²) in [6.45, 7) is 29.2. The number of nitrogens with one attached hydrogen (secondary N) is 2. The molecule has 4 aromatic carbocycles. The predicted octanol–water partition coefficient (Wildman–Crippen LogP) is 15.7. The van der Waals surface area contributed by atoms with Gasteiger partial charge in [0.15, 0.2) is 34.6 Å². The van der Waals surface area contributed by atoms with E-state index in [2.05, 4.69) is 42.9 Å². The van der Waals surface area contributed by atoms with E-state index in [1.165, 1.54) is 4.90 Å². The number of carbonyl (C=O) groups excluding carboxylic acids is 7. The molecule has 6 fully saturated rings. The van der Waals surface area contributed by atoms with Gasteiger partial charge >= 0.3 is 11.9 Å². The van der Waals surface area contributed by atoms with Crippen LogP contribution in [0.1, 0.15) is 199 Å². The Morgan fingerprint density at radius 1 is 0.523 bits per heavy atom. The minimum absolute atomic E-state index is 0.00244. The zero-order valence-electron chi connectivity index (χ0n) is 76.2. The molecule has 4 saturated carbocycles. The first-order valence-electron chi connectivity index (χ1n) is 45.4. The summed E-state index contributed by atoms with van der Waals surface area (Å²) < 4.78 is 116. The minimum Gasteiger partial charge on any atom is -0.497 e. The summed E-state index contributed by atoms with van der Waals surface area (Å²) in [7, 11) is -4.73. The molecule has 8 heterocycles. The Kier molecular flexibility index (Phi) is 26.2. The fourth-order valence-corrected chi connectivity index (χ4v) is 22.0. The lowest BCUT2D eigenvalue weighted by atomic mass is 9.80. The summed E-state index contributed by atoms with van der Waals surface area (Å²) in [5, 5.41) is 3.04. The third kappa shape index (κ3) is 20.3. The summed E-state index contributed by atoms with van der Waals surface area (Å²) in [6.07, 6.45) is 13.6. The van der Waals surface area contributed by atoms with Gasteiger partial charge in [0, 0.05) is 59.2 Å². The number of esters is 2. The number of Topliss-reactive ketones (excluding diaryl/α,β-unsaturated/α-hetero) is 2. The molecular weight excluding hydrogens is 1670 g/mol. The summed E-state index contributed by atoms with van der Waals surface area (Å²) in [5.41, 5.74) is -0.588.